The van der Waals surface area contributed by atoms with E-state index in [0.717, 1.165) is 29.5 Å². The Bertz CT molecular complexity index is 1150. The Labute approximate surface area is 197 Å². The minimum atomic E-state index is -4.49. The molecule has 6 nitrogen and oxygen atoms in total. The molecule has 3 aromatic rings. The standard InChI is InChI=1S/C22H20ClF3N4O2S/c1-3-9-30-19(12-32-17-7-8-18(23)14(2)10-17)28-29-21(30)33-13-20(31)27-16-6-4-5-15(11-16)22(24,25)26/h3-8,10-11H,1,9,12-13H2,2H3,(H,27,31). The maximum absolute atomic E-state index is 12.8. The molecule has 174 valence electrons. The third-order valence-electron chi connectivity index (χ3n) is 4.41. The van der Waals surface area contributed by atoms with Crippen LogP contribution in [0.1, 0.15) is 17.0 Å². The molecule has 0 unspecified atom stereocenters. The van der Waals surface area contributed by atoms with Gasteiger partial charge < -0.3 is 10.1 Å². The second-order valence-corrected chi connectivity index (χ2v) is 8.26. The average Bonchev–Trinajstić information content (AvgIpc) is 3.14. The normalized spacial score (nSPS) is 11.3. The van der Waals surface area contributed by atoms with Crippen molar-refractivity contribution in [3.8, 4) is 5.75 Å². The van der Waals surface area contributed by atoms with E-state index in [1.54, 1.807) is 22.8 Å². The second kappa shape index (κ2) is 10.8. The van der Waals surface area contributed by atoms with Crippen molar-refractivity contribution < 1.29 is 22.7 Å². The molecule has 0 aliphatic rings. The maximum Gasteiger partial charge on any atom is 0.416 e. The number of amides is 1. The molecule has 0 atom stereocenters. The number of rotatable bonds is 9. The van der Waals surface area contributed by atoms with Gasteiger partial charge in [-0.05, 0) is 48.9 Å². The van der Waals surface area contributed by atoms with E-state index in [2.05, 4.69) is 22.1 Å². The van der Waals surface area contributed by atoms with Crippen molar-refractivity contribution in [2.75, 3.05) is 11.1 Å². The van der Waals surface area contributed by atoms with Crippen molar-refractivity contribution >= 4 is 35.0 Å². The molecule has 0 saturated heterocycles. The first-order chi connectivity index (χ1) is 15.7. The van der Waals surface area contributed by atoms with Gasteiger partial charge in [0.15, 0.2) is 11.0 Å². The molecule has 11 heteroatoms. The van der Waals surface area contributed by atoms with Crippen LogP contribution < -0.4 is 10.1 Å². The highest BCUT2D eigenvalue weighted by atomic mass is 35.5. The summed E-state index contributed by atoms with van der Waals surface area (Å²) in [5.41, 5.74) is 0.110. The number of anilines is 1. The van der Waals surface area contributed by atoms with Gasteiger partial charge in [-0.3, -0.25) is 9.36 Å². The Morgan fingerprint density at radius 3 is 2.76 bits per heavy atom. The van der Waals surface area contributed by atoms with E-state index in [1.807, 2.05) is 13.0 Å². The number of benzene rings is 2. The molecule has 0 saturated carbocycles. The number of aryl methyl sites for hydroxylation is 1. The van der Waals surface area contributed by atoms with Crippen molar-refractivity contribution in [2.45, 2.75) is 31.4 Å². The van der Waals surface area contributed by atoms with Gasteiger partial charge in [0, 0.05) is 17.3 Å². The van der Waals surface area contributed by atoms with E-state index in [4.69, 9.17) is 16.3 Å². The molecule has 1 N–H and O–H groups in total. The van der Waals surface area contributed by atoms with Crippen LogP contribution in [0.25, 0.3) is 0 Å². The Morgan fingerprint density at radius 1 is 1.27 bits per heavy atom. The van der Waals surface area contributed by atoms with E-state index < -0.39 is 17.6 Å². The van der Waals surface area contributed by atoms with E-state index in [1.165, 1.54) is 12.1 Å². The summed E-state index contributed by atoms with van der Waals surface area (Å²) in [5, 5.41) is 11.8. The molecule has 0 spiro atoms. The fraction of sp³-hybridized carbons (Fsp3) is 0.227. The van der Waals surface area contributed by atoms with Crippen LogP contribution in [0.5, 0.6) is 5.75 Å². The van der Waals surface area contributed by atoms with Crippen molar-refractivity contribution in [1.82, 2.24) is 14.8 Å². The molecule has 3 rings (SSSR count). The van der Waals surface area contributed by atoms with Gasteiger partial charge in [-0.15, -0.1) is 16.8 Å². The van der Waals surface area contributed by atoms with Crippen molar-refractivity contribution in [3.63, 3.8) is 0 Å². The molecule has 0 radical (unpaired) electrons. The Morgan fingerprint density at radius 2 is 2.06 bits per heavy atom. The van der Waals surface area contributed by atoms with Crippen LogP contribution in [-0.2, 0) is 24.1 Å². The molecule has 2 aromatic carbocycles. The Balaban J connectivity index is 1.62. The lowest BCUT2D eigenvalue weighted by atomic mass is 10.2. The molecule has 1 heterocycles. The summed E-state index contributed by atoms with van der Waals surface area (Å²) >= 11 is 7.13. The van der Waals surface area contributed by atoms with E-state index in [-0.39, 0.29) is 18.0 Å². The third kappa shape index (κ3) is 6.75. The SMILES string of the molecule is C=CCn1c(COc2ccc(Cl)c(C)c2)nnc1SCC(=O)Nc1cccc(C(F)(F)F)c1. The van der Waals surface area contributed by atoms with Gasteiger partial charge in [-0.1, -0.05) is 35.5 Å². The van der Waals surface area contributed by atoms with Gasteiger partial charge >= 0.3 is 6.18 Å². The van der Waals surface area contributed by atoms with Gasteiger partial charge in [0.2, 0.25) is 5.91 Å². The van der Waals surface area contributed by atoms with E-state index in [9.17, 15) is 18.0 Å². The summed E-state index contributed by atoms with van der Waals surface area (Å²) in [6.45, 7) is 6.12. The number of alkyl halides is 3. The molecule has 0 bridgehead atoms. The molecule has 0 aliphatic carbocycles. The van der Waals surface area contributed by atoms with Crippen LogP contribution in [0.15, 0.2) is 60.3 Å². The summed E-state index contributed by atoms with van der Waals surface area (Å²) in [6.07, 6.45) is -2.83. The number of halogens is 4. The molecule has 33 heavy (non-hydrogen) atoms. The van der Waals surface area contributed by atoms with Gasteiger partial charge in [0.25, 0.3) is 0 Å². The number of nitrogens with one attached hydrogen (secondary N) is 1. The Hall–Kier alpha value is -2.98. The molecule has 1 amide bonds. The van der Waals surface area contributed by atoms with Crippen LogP contribution in [0.3, 0.4) is 0 Å². The lowest BCUT2D eigenvalue weighted by molar-refractivity contribution is -0.137. The minimum absolute atomic E-state index is 0.0651. The predicted molar refractivity (Wildman–Crippen MR) is 122 cm³/mol. The highest BCUT2D eigenvalue weighted by molar-refractivity contribution is 7.99. The Kier molecular flexibility index (Phi) is 8.04. The summed E-state index contributed by atoms with van der Waals surface area (Å²) < 4.78 is 46.1. The first-order valence-corrected chi connectivity index (χ1v) is 11.1. The number of carbonyl (C=O) groups is 1. The van der Waals surface area contributed by atoms with E-state index in [0.29, 0.717) is 28.3 Å². The van der Waals surface area contributed by atoms with Crippen molar-refractivity contribution in [1.29, 1.82) is 0 Å². The quantitative estimate of drug-likeness (QED) is 0.301. The largest absolute Gasteiger partial charge is 0.486 e. The van der Waals surface area contributed by atoms with Gasteiger partial charge in [0.1, 0.15) is 12.4 Å². The molecular formula is C22H20ClF3N4O2S. The first-order valence-electron chi connectivity index (χ1n) is 9.69. The topological polar surface area (TPSA) is 69.0 Å². The summed E-state index contributed by atoms with van der Waals surface area (Å²) in [6, 6.07) is 9.76. The minimum Gasteiger partial charge on any atom is -0.486 e. The molecule has 1 aromatic heterocycles. The number of thioether (sulfide) groups is 1. The number of allylic oxidation sites excluding steroid dienone is 1. The predicted octanol–water partition coefficient (Wildman–Crippen LogP) is 5.75. The van der Waals surface area contributed by atoms with Crippen LogP contribution in [0.4, 0.5) is 18.9 Å². The third-order valence-corrected chi connectivity index (χ3v) is 5.80. The van der Waals surface area contributed by atoms with Crippen LogP contribution >= 0.6 is 23.4 Å². The van der Waals surface area contributed by atoms with Crippen molar-refractivity contribution in [3.05, 3.63) is 77.1 Å². The van der Waals surface area contributed by atoms with E-state index >= 15 is 0 Å². The first kappa shape index (κ1) is 24.7. The number of hydrogen-bond acceptors (Lipinski definition) is 5. The summed E-state index contributed by atoms with van der Waals surface area (Å²) in [7, 11) is 0. The lowest BCUT2D eigenvalue weighted by Crippen LogP contribution is -2.15. The fourth-order valence-corrected chi connectivity index (χ4v) is 3.68. The molecular weight excluding hydrogens is 477 g/mol. The fourth-order valence-electron chi connectivity index (χ4n) is 2.80. The smallest absolute Gasteiger partial charge is 0.416 e. The van der Waals surface area contributed by atoms with Crippen LogP contribution in [0.2, 0.25) is 5.02 Å². The van der Waals surface area contributed by atoms with Gasteiger partial charge in [0.05, 0.1) is 11.3 Å². The number of nitrogens with zero attached hydrogens (tertiary/aromatic N) is 3. The zero-order valence-electron chi connectivity index (χ0n) is 17.5. The van der Waals surface area contributed by atoms with Gasteiger partial charge in [-0.25, -0.2) is 0 Å². The summed E-state index contributed by atoms with van der Waals surface area (Å²) in [4.78, 5) is 12.3. The summed E-state index contributed by atoms with van der Waals surface area (Å²) in [5.74, 6) is 0.618. The highest BCUT2D eigenvalue weighted by Crippen LogP contribution is 2.30. The zero-order chi connectivity index (χ0) is 24.0. The maximum atomic E-state index is 12.8. The number of hydrogen-bond donors (Lipinski definition) is 1. The number of ether oxygens (including phenoxy) is 1. The van der Waals surface area contributed by atoms with Crippen molar-refractivity contribution in [2.24, 2.45) is 0 Å². The lowest BCUT2D eigenvalue weighted by Gasteiger charge is -2.11. The highest BCUT2D eigenvalue weighted by Gasteiger charge is 2.30. The molecule has 0 fully saturated rings. The van der Waals surface area contributed by atoms with Gasteiger partial charge in [-0.2, -0.15) is 13.2 Å². The zero-order valence-corrected chi connectivity index (χ0v) is 19.1. The number of carbonyl (C=O) groups excluding carboxylic acids is 1. The number of aromatic nitrogens is 3. The van der Waals surface area contributed by atoms with Crippen LogP contribution in [0, 0.1) is 6.92 Å². The second-order valence-electron chi connectivity index (χ2n) is 6.91. The average molecular weight is 497 g/mol. The molecule has 0 aliphatic heterocycles. The monoisotopic (exact) mass is 496 g/mol. The van der Waals surface area contributed by atoms with Crippen LogP contribution in [-0.4, -0.2) is 26.4 Å².